The van der Waals surface area contributed by atoms with E-state index in [4.69, 9.17) is 23.2 Å². The van der Waals surface area contributed by atoms with Crippen LogP contribution in [-0.4, -0.2) is 65.5 Å². The van der Waals surface area contributed by atoms with Crippen molar-refractivity contribution in [3.63, 3.8) is 0 Å². The molecular formula is C29H33Cl2F2N5O. The number of piperazine rings is 1. The number of piperidine rings is 1. The number of carbonyl (C=O) groups excluding carboxylic acids is 1. The molecule has 2 saturated heterocycles. The second kappa shape index (κ2) is 12.2. The minimum Gasteiger partial charge on any atom is -0.353 e. The molecule has 0 radical (unpaired) electrons. The van der Waals surface area contributed by atoms with Gasteiger partial charge in [-0.3, -0.25) is 14.6 Å². The summed E-state index contributed by atoms with van der Waals surface area (Å²) in [4.78, 5) is 24.4. The predicted octanol–water partition coefficient (Wildman–Crippen LogP) is 6.34. The Morgan fingerprint density at radius 1 is 1.03 bits per heavy atom. The maximum atomic E-state index is 13.5. The number of carbonyl (C=O) groups is 1. The zero-order valence-corrected chi connectivity index (χ0v) is 23.2. The fourth-order valence-corrected chi connectivity index (χ4v) is 5.94. The Labute approximate surface area is 239 Å². The van der Waals surface area contributed by atoms with E-state index in [9.17, 15) is 13.6 Å². The van der Waals surface area contributed by atoms with Gasteiger partial charge in [-0.25, -0.2) is 13.8 Å². The van der Waals surface area contributed by atoms with Gasteiger partial charge in [-0.1, -0.05) is 35.3 Å². The molecule has 39 heavy (non-hydrogen) atoms. The SMILES string of the molecule is C[C@H]1CN(c2ncc(C(=O)Nc3ccc(F)c(F)c3)cc2Cl)CCN1C1CCN(Cc2ccc(Cl)cc2)CC1.[HH]. The van der Waals surface area contributed by atoms with Gasteiger partial charge in [0.2, 0.25) is 0 Å². The zero-order valence-electron chi connectivity index (χ0n) is 21.7. The Bertz CT molecular complexity index is 1320. The summed E-state index contributed by atoms with van der Waals surface area (Å²) >= 11 is 12.6. The summed E-state index contributed by atoms with van der Waals surface area (Å²) in [5, 5.41) is 3.69. The van der Waals surface area contributed by atoms with Crippen LogP contribution < -0.4 is 10.2 Å². The Balaban J connectivity index is 0.00000370. The molecule has 0 unspecified atom stereocenters. The molecular weight excluding hydrogens is 543 g/mol. The monoisotopic (exact) mass is 575 g/mol. The molecule has 0 spiro atoms. The van der Waals surface area contributed by atoms with Crippen molar-refractivity contribution in [2.24, 2.45) is 0 Å². The smallest absolute Gasteiger partial charge is 0.257 e. The van der Waals surface area contributed by atoms with Crippen LogP contribution in [-0.2, 0) is 6.54 Å². The van der Waals surface area contributed by atoms with E-state index >= 15 is 0 Å². The molecule has 2 aliphatic heterocycles. The molecule has 1 aromatic heterocycles. The van der Waals surface area contributed by atoms with E-state index < -0.39 is 17.5 Å². The highest BCUT2D eigenvalue weighted by molar-refractivity contribution is 6.33. The lowest BCUT2D eigenvalue weighted by Gasteiger charge is -2.47. The molecule has 5 rings (SSSR count). The van der Waals surface area contributed by atoms with Crippen molar-refractivity contribution >= 4 is 40.6 Å². The predicted molar refractivity (Wildman–Crippen MR) is 154 cm³/mol. The number of hydrogen-bond donors (Lipinski definition) is 1. The van der Waals surface area contributed by atoms with Crippen LogP contribution in [0.4, 0.5) is 20.3 Å². The van der Waals surface area contributed by atoms with E-state index in [2.05, 4.69) is 44.1 Å². The highest BCUT2D eigenvalue weighted by atomic mass is 35.5. The number of nitrogens with zero attached hydrogens (tertiary/aromatic N) is 4. The third kappa shape index (κ3) is 6.69. The number of likely N-dealkylation sites (tertiary alicyclic amines) is 1. The number of pyridine rings is 1. The minimum absolute atomic E-state index is 0. The van der Waals surface area contributed by atoms with Crippen molar-refractivity contribution in [2.75, 3.05) is 42.9 Å². The van der Waals surface area contributed by atoms with Gasteiger partial charge in [0.05, 0.1) is 10.6 Å². The Kier molecular flexibility index (Phi) is 8.67. The molecule has 3 aromatic rings. The molecule has 6 nitrogen and oxygen atoms in total. The summed E-state index contributed by atoms with van der Waals surface area (Å²) in [6.45, 7) is 7.83. The van der Waals surface area contributed by atoms with Gasteiger partial charge in [-0.2, -0.15) is 0 Å². The molecule has 2 fully saturated rings. The van der Waals surface area contributed by atoms with E-state index in [0.29, 0.717) is 22.9 Å². The molecule has 2 aliphatic rings. The van der Waals surface area contributed by atoms with E-state index in [0.717, 1.165) is 69.3 Å². The Morgan fingerprint density at radius 2 is 1.77 bits per heavy atom. The van der Waals surface area contributed by atoms with Gasteiger partial charge in [0.1, 0.15) is 5.82 Å². The van der Waals surface area contributed by atoms with Crippen LogP contribution in [0.2, 0.25) is 10.0 Å². The lowest BCUT2D eigenvalue weighted by atomic mass is 9.99. The maximum Gasteiger partial charge on any atom is 0.257 e. The summed E-state index contributed by atoms with van der Waals surface area (Å²) in [7, 11) is 0. The highest BCUT2D eigenvalue weighted by Gasteiger charge is 2.32. The quantitative estimate of drug-likeness (QED) is 0.371. The van der Waals surface area contributed by atoms with Crippen molar-refractivity contribution in [3.8, 4) is 0 Å². The van der Waals surface area contributed by atoms with E-state index in [1.807, 2.05) is 12.1 Å². The molecule has 0 aliphatic carbocycles. The summed E-state index contributed by atoms with van der Waals surface area (Å²) in [5.41, 5.74) is 1.68. The average molecular weight is 577 g/mol. The maximum absolute atomic E-state index is 13.5. The standard InChI is InChI=1S/C29H31Cl2F2N5O.H2/c1-19-17-37(12-13-38(19)24-8-10-36(11-9-24)18-20-2-4-22(30)5-3-20)28-25(31)14-21(16-34-28)29(39)35-23-6-7-26(32)27(33)15-23;/h2-7,14-16,19,24H,8-13,17-18H2,1H3,(H,35,39);1H/t19-;/m0./s1. The van der Waals surface area contributed by atoms with Crippen molar-refractivity contribution in [3.05, 3.63) is 87.5 Å². The first-order chi connectivity index (χ1) is 18.8. The van der Waals surface area contributed by atoms with Crippen molar-refractivity contribution in [2.45, 2.75) is 38.4 Å². The van der Waals surface area contributed by atoms with Gasteiger partial charge in [0.15, 0.2) is 11.6 Å². The topological polar surface area (TPSA) is 51.7 Å². The molecule has 1 atom stereocenters. The molecule has 0 saturated carbocycles. The fraction of sp³-hybridized carbons (Fsp3) is 0.379. The number of amides is 1. The van der Waals surface area contributed by atoms with Crippen molar-refractivity contribution < 1.29 is 15.0 Å². The number of halogens is 4. The van der Waals surface area contributed by atoms with Crippen LogP contribution in [0, 0.1) is 11.6 Å². The lowest BCUT2D eigenvalue weighted by Crippen LogP contribution is -2.57. The van der Waals surface area contributed by atoms with Gasteiger partial charge in [-0.05, 0) is 68.8 Å². The zero-order chi connectivity index (χ0) is 27.5. The fourth-order valence-electron chi connectivity index (χ4n) is 5.53. The number of benzene rings is 2. The second-order valence-corrected chi connectivity index (χ2v) is 11.1. The molecule has 10 heteroatoms. The third-order valence-corrected chi connectivity index (χ3v) is 8.12. The average Bonchev–Trinajstić information content (AvgIpc) is 2.92. The summed E-state index contributed by atoms with van der Waals surface area (Å²) < 4.78 is 26.6. The third-order valence-electron chi connectivity index (χ3n) is 7.59. The summed E-state index contributed by atoms with van der Waals surface area (Å²) in [6, 6.07) is 13.7. The first kappa shape index (κ1) is 27.8. The number of aromatic nitrogens is 1. The van der Waals surface area contributed by atoms with Crippen LogP contribution in [0.1, 0.15) is 37.1 Å². The van der Waals surface area contributed by atoms with Gasteiger partial charge in [0, 0.05) is 62.7 Å². The van der Waals surface area contributed by atoms with Gasteiger partial charge in [-0.15, -0.1) is 0 Å². The summed E-state index contributed by atoms with van der Waals surface area (Å²) in [5.74, 6) is -1.86. The molecule has 3 heterocycles. The lowest BCUT2D eigenvalue weighted by molar-refractivity contribution is 0.0690. The van der Waals surface area contributed by atoms with Crippen LogP contribution in [0.3, 0.4) is 0 Å². The van der Waals surface area contributed by atoms with Crippen LogP contribution in [0.25, 0.3) is 0 Å². The van der Waals surface area contributed by atoms with E-state index in [1.54, 1.807) is 6.07 Å². The highest BCUT2D eigenvalue weighted by Crippen LogP contribution is 2.29. The first-order valence-corrected chi connectivity index (χ1v) is 13.9. The molecule has 1 N–H and O–H groups in total. The van der Waals surface area contributed by atoms with Gasteiger partial charge in [0.25, 0.3) is 5.91 Å². The van der Waals surface area contributed by atoms with E-state index in [1.165, 1.54) is 17.8 Å². The number of rotatable bonds is 6. The first-order valence-electron chi connectivity index (χ1n) is 13.2. The normalized spacial score (nSPS) is 19.3. The largest absolute Gasteiger partial charge is 0.353 e. The minimum atomic E-state index is -1.03. The Hall–Kier alpha value is -2.78. The van der Waals surface area contributed by atoms with Gasteiger partial charge < -0.3 is 10.2 Å². The Morgan fingerprint density at radius 3 is 2.44 bits per heavy atom. The van der Waals surface area contributed by atoms with E-state index in [-0.39, 0.29) is 12.7 Å². The number of nitrogens with one attached hydrogen (secondary N) is 1. The molecule has 0 bridgehead atoms. The number of hydrogen-bond acceptors (Lipinski definition) is 5. The summed E-state index contributed by atoms with van der Waals surface area (Å²) in [6.07, 6.45) is 3.74. The van der Waals surface area contributed by atoms with Crippen LogP contribution in [0.15, 0.2) is 54.7 Å². The number of anilines is 2. The second-order valence-electron chi connectivity index (χ2n) is 10.3. The molecule has 208 valence electrons. The van der Waals surface area contributed by atoms with Crippen molar-refractivity contribution in [1.29, 1.82) is 0 Å². The van der Waals surface area contributed by atoms with Crippen LogP contribution in [0.5, 0.6) is 0 Å². The van der Waals surface area contributed by atoms with Gasteiger partial charge >= 0.3 is 0 Å². The molecule has 1 amide bonds. The molecule has 2 aromatic carbocycles. The van der Waals surface area contributed by atoms with Crippen molar-refractivity contribution in [1.82, 2.24) is 14.8 Å². The van der Waals surface area contributed by atoms with Crippen LogP contribution >= 0.6 is 23.2 Å².